The van der Waals surface area contributed by atoms with Crippen molar-refractivity contribution in [2.75, 3.05) is 5.32 Å². The molecule has 2 aromatic rings. The van der Waals surface area contributed by atoms with Crippen LogP contribution in [0.4, 0.5) is 24.5 Å². The third-order valence-electron chi connectivity index (χ3n) is 2.32. The molecule has 0 saturated heterocycles. The van der Waals surface area contributed by atoms with Crippen LogP contribution in [-0.4, -0.2) is 0 Å². The number of anilines is 2. The Bertz CT molecular complexity index is 633. The average Bonchev–Trinajstić information content (AvgIpc) is 2.35. The van der Waals surface area contributed by atoms with Crippen LogP contribution in [0.15, 0.2) is 36.4 Å². The highest BCUT2D eigenvalue weighted by molar-refractivity contribution is 5.61. The molecule has 0 aliphatic heterocycles. The monoisotopic (exact) mass is 248 g/mol. The lowest BCUT2D eigenvalue weighted by atomic mass is 10.2. The Morgan fingerprint density at radius 3 is 2.44 bits per heavy atom. The molecule has 0 amide bonds. The molecule has 2 nitrogen and oxygen atoms in total. The van der Waals surface area contributed by atoms with Gasteiger partial charge < -0.3 is 5.32 Å². The van der Waals surface area contributed by atoms with Crippen molar-refractivity contribution in [3.63, 3.8) is 0 Å². The summed E-state index contributed by atoms with van der Waals surface area (Å²) in [7, 11) is 0. The van der Waals surface area contributed by atoms with Gasteiger partial charge in [-0.25, -0.2) is 13.2 Å². The molecule has 0 unspecified atom stereocenters. The summed E-state index contributed by atoms with van der Waals surface area (Å²) in [5.74, 6) is -2.75. The number of nitrogens with zero attached hydrogens (tertiary/aromatic N) is 1. The molecule has 1 N–H and O–H groups in total. The average molecular weight is 248 g/mol. The van der Waals surface area contributed by atoms with E-state index in [1.54, 1.807) is 6.07 Å². The molecule has 0 saturated carbocycles. The molecule has 0 spiro atoms. The first-order valence-corrected chi connectivity index (χ1v) is 5.02. The standard InChI is InChI=1S/C13H7F3N2/c14-10-2-1-3-12(13(10)16)18-9-5-4-8(7-17)11(15)6-9/h1-6,18H. The van der Waals surface area contributed by atoms with Gasteiger partial charge in [0, 0.05) is 5.69 Å². The molecule has 0 aliphatic carbocycles. The zero-order valence-electron chi connectivity index (χ0n) is 9.05. The van der Waals surface area contributed by atoms with Crippen LogP contribution in [0.5, 0.6) is 0 Å². The van der Waals surface area contributed by atoms with Crippen molar-refractivity contribution in [1.82, 2.24) is 0 Å². The molecular weight excluding hydrogens is 241 g/mol. The van der Waals surface area contributed by atoms with E-state index in [1.165, 1.54) is 24.3 Å². The summed E-state index contributed by atoms with van der Waals surface area (Å²) in [6, 6.07) is 9.03. The zero-order chi connectivity index (χ0) is 13.1. The fourth-order valence-electron chi connectivity index (χ4n) is 1.44. The highest BCUT2D eigenvalue weighted by Gasteiger charge is 2.08. The quantitative estimate of drug-likeness (QED) is 0.879. The Labute approximate surface area is 101 Å². The minimum absolute atomic E-state index is 0.0980. The van der Waals surface area contributed by atoms with E-state index in [9.17, 15) is 13.2 Å². The van der Waals surface area contributed by atoms with Crippen molar-refractivity contribution in [3.05, 3.63) is 59.4 Å². The van der Waals surface area contributed by atoms with E-state index in [0.717, 1.165) is 12.1 Å². The third-order valence-corrected chi connectivity index (χ3v) is 2.32. The maximum absolute atomic E-state index is 13.3. The van der Waals surface area contributed by atoms with Crippen molar-refractivity contribution < 1.29 is 13.2 Å². The minimum atomic E-state index is -1.04. The smallest absolute Gasteiger partial charge is 0.182 e. The van der Waals surface area contributed by atoms with E-state index < -0.39 is 17.5 Å². The van der Waals surface area contributed by atoms with Gasteiger partial charge in [-0.1, -0.05) is 6.07 Å². The highest BCUT2D eigenvalue weighted by atomic mass is 19.2. The summed E-state index contributed by atoms with van der Waals surface area (Å²) < 4.78 is 39.6. The van der Waals surface area contributed by atoms with Gasteiger partial charge in [0.05, 0.1) is 11.3 Å². The molecule has 2 aromatic carbocycles. The first-order valence-electron chi connectivity index (χ1n) is 5.02. The lowest BCUT2D eigenvalue weighted by Crippen LogP contribution is -1.97. The molecule has 0 aliphatic rings. The Morgan fingerprint density at radius 1 is 1.00 bits per heavy atom. The second kappa shape index (κ2) is 4.80. The number of hydrogen-bond acceptors (Lipinski definition) is 2. The Morgan fingerprint density at radius 2 is 1.78 bits per heavy atom. The Kier molecular flexibility index (Phi) is 3.20. The maximum atomic E-state index is 13.3. The highest BCUT2D eigenvalue weighted by Crippen LogP contribution is 2.23. The summed E-state index contributed by atoms with van der Waals surface area (Å²) in [6.07, 6.45) is 0. The fraction of sp³-hybridized carbons (Fsp3) is 0. The molecular formula is C13H7F3N2. The van der Waals surface area contributed by atoms with E-state index in [-0.39, 0.29) is 16.9 Å². The fourth-order valence-corrected chi connectivity index (χ4v) is 1.44. The maximum Gasteiger partial charge on any atom is 0.182 e. The number of nitriles is 1. The van der Waals surface area contributed by atoms with Crippen LogP contribution < -0.4 is 5.32 Å². The van der Waals surface area contributed by atoms with E-state index >= 15 is 0 Å². The summed E-state index contributed by atoms with van der Waals surface area (Å²) in [4.78, 5) is 0. The zero-order valence-corrected chi connectivity index (χ0v) is 9.05. The molecule has 0 bridgehead atoms. The summed E-state index contributed by atoms with van der Waals surface area (Å²) in [6.45, 7) is 0. The molecule has 0 atom stereocenters. The molecule has 0 aromatic heterocycles. The van der Waals surface area contributed by atoms with Crippen LogP contribution in [0.25, 0.3) is 0 Å². The second-order valence-electron chi connectivity index (χ2n) is 3.53. The lowest BCUT2D eigenvalue weighted by molar-refractivity contribution is 0.512. The van der Waals surface area contributed by atoms with Crippen molar-refractivity contribution in [3.8, 4) is 6.07 Å². The SMILES string of the molecule is N#Cc1ccc(Nc2cccc(F)c2F)cc1F. The van der Waals surface area contributed by atoms with Crippen molar-refractivity contribution in [2.24, 2.45) is 0 Å². The van der Waals surface area contributed by atoms with Crippen LogP contribution >= 0.6 is 0 Å². The molecule has 18 heavy (non-hydrogen) atoms. The summed E-state index contributed by atoms with van der Waals surface area (Å²) in [5, 5.41) is 11.1. The van der Waals surface area contributed by atoms with Gasteiger partial charge in [0.2, 0.25) is 0 Å². The van der Waals surface area contributed by atoms with Gasteiger partial charge in [-0.2, -0.15) is 5.26 Å². The third kappa shape index (κ3) is 2.28. The first kappa shape index (κ1) is 12.0. The summed E-state index contributed by atoms with van der Waals surface area (Å²) in [5.41, 5.74) is 0.0235. The van der Waals surface area contributed by atoms with Gasteiger partial charge in [-0.3, -0.25) is 0 Å². The van der Waals surface area contributed by atoms with Gasteiger partial charge in [-0.15, -0.1) is 0 Å². The van der Waals surface area contributed by atoms with Crippen molar-refractivity contribution in [1.29, 1.82) is 5.26 Å². The second-order valence-corrected chi connectivity index (χ2v) is 3.53. The molecule has 0 fully saturated rings. The van der Waals surface area contributed by atoms with E-state index in [2.05, 4.69) is 5.32 Å². The molecule has 5 heteroatoms. The Hall–Kier alpha value is -2.48. The van der Waals surface area contributed by atoms with Crippen LogP contribution in [0.1, 0.15) is 5.56 Å². The molecule has 90 valence electrons. The number of halogens is 3. The van der Waals surface area contributed by atoms with E-state index in [1.807, 2.05) is 0 Å². The lowest BCUT2D eigenvalue weighted by Gasteiger charge is -2.08. The molecule has 2 rings (SSSR count). The van der Waals surface area contributed by atoms with Crippen LogP contribution in [0, 0.1) is 28.8 Å². The van der Waals surface area contributed by atoms with Gasteiger partial charge in [0.1, 0.15) is 11.9 Å². The first-order chi connectivity index (χ1) is 8.61. The van der Waals surface area contributed by atoms with Crippen molar-refractivity contribution >= 4 is 11.4 Å². The van der Waals surface area contributed by atoms with Crippen LogP contribution in [-0.2, 0) is 0 Å². The van der Waals surface area contributed by atoms with Gasteiger partial charge in [-0.05, 0) is 30.3 Å². The number of rotatable bonds is 2. The normalized spacial score (nSPS) is 9.89. The van der Waals surface area contributed by atoms with E-state index in [0.29, 0.717) is 0 Å². The van der Waals surface area contributed by atoms with Crippen LogP contribution in [0.2, 0.25) is 0 Å². The number of hydrogen-bond donors (Lipinski definition) is 1. The van der Waals surface area contributed by atoms with Crippen molar-refractivity contribution in [2.45, 2.75) is 0 Å². The minimum Gasteiger partial charge on any atom is -0.353 e. The Balaban J connectivity index is 2.32. The topological polar surface area (TPSA) is 35.8 Å². The molecule has 0 radical (unpaired) electrons. The van der Waals surface area contributed by atoms with Gasteiger partial charge in [0.15, 0.2) is 11.6 Å². The number of nitrogens with one attached hydrogen (secondary N) is 1. The molecule has 0 heterocycles. The number of benzene rings is 2. The van der Waals surface area contributed by atoms with Crippen LogP contribution in [0.3, 0.4) is 0 Å². The largest absolute Gasteiger partial charge is 0.353 e. The predicted octanol–water partition coefficient (Wildman–Crippen LogP) is 3.72. The van der Waals surface area contributed by atoms with Gasteiger partial charge in [0.25, 0.3) is 0 Å². The van der Waals surface area contributed by atoms with Gasteiger partial charge >= 0.3 is 0 Å². The predicted molar refractivity (Wildman–Crippen MR) is 60.8 cm³/mol. The van der Waals surface area contributed by atoms with E-state index in [4.69, 9.17) is 5.26 Å². The summed E-state index contributed by atoms with van der Waals surface area (Å²) >= 11 is 0.